The fourth-order valence-electron chi connectivity index (χ4n) is 2.35. The van der Waals surface area contributed by atoms with Crippen molar-refractivity contribution in [2.75, 3.05) is 7.11 Å². The van der Waals surface area contributed by atoms with Crippen LogP contribution in [0.25, 0.3) is 0 Å². The summed E-state index contributed by atoms with van der Waals surface area (Å²) >= 11 is 5.81. The summed E-state index contributed by atoms with van der Waals surface area (Å²) in [5, 5.41) is 0.108. The van der Waals surface area contributed by atoms with Crippen LogP contribution < -0.4 is 11.3 Å². The lowest BCUT2D eigenvalue weighted by molar-refractivity contribution is 0.0679. The van der Waals surface area contributed by atoms with Crippen LogP contribution in [0.5, 0.6) is 0 Å². The molecule has 0 aliphatic carbocycles. The average molecular weight is 309 g/mol. The number of rotatable bonds is 6. The van der Waals surface area contributed by atoms with Crippen LogP contribution in [0.4, 0.5) is 4.39 Å². The fourth-order valence-corrected chi connectivity index (χ4v) is 2.55. The first-order chi connectivity index (χ1) is 10.2. The Morgan fingerprint density at radius 1 is 1.24 bits per heavy atom. The van der Waals surface area contributed by atoms with Crippen LogP contribution in [0.3, 0.4) is 0 Å². The molecule has 5 heteroatoms. The van der Waals surface area contributed by atoms with Crippen LogP contribution in [0.2, 0.25) is 5.02 Å². The first kappa shape index (κ1) is 15.9. The third-order valence-electron chi connectivity index (χ3n) is 3.40. The lowest BCUT2D eigenvalue weighted by Gasteiger charge is -2.26. The molecule has 0 saturated heterocycles. The zero-order valence-corrected chi connectivity index (χ0v) is 12.5. The van der Waals surface area contributed by atoms with E-state index in [1.807, 2.05) is 30.3 Å². The standard InChI is InChI=1S/C16H18ClFN2O/c1-21-16(12-5-3-2-4-6-12)15(20-19)10-11-7-8-14(18)13(17)9-11/h2-9,15-16,20H,10,19H2,1H3. The van der Waals surface area contributed by atoms with E-state index in [4.69, 9.17) is 22.2 Å². The van der Waals surface area contributed by atoms with Gasteiger partial charge >= 0.3 is 0 Å². The molecule has 0 spiro atoms. The summed E-state index contributed by atoms with van der Waals surface area (Å²) < 4.78 is 18.8. The Kier molecular flexibility index (Phi) is 5.70. The summed E-state index contributed by atoms with van der Waals surface area (Å²) in [4.78, 5) is 0. The van der Waals surface area contributed by atoms with Gasteiger partial charge < -0.3 is 4.74 Å². The van der Waals surface area contributed by atoms with Crippen LogP contribution in [0.15, 0.2) is 48.5 Å². The average Bonchev–Trinajstić information content (AvgIpc) is 2.51. The number of methoxy groups -OCH3 is 1. The van der Waals surface area contributed by atoms with Crippen molar-refractivity contribution in [2.45, 2.75) is 18.6 Å². The Balaban J connectivity index is 2.19. The maximum Gasteiger partial charge on any atom is 0.141 e. The third kappa shape index (κ3) is 4.02. The second-order valence-corrected chi connectivity index (χ2v) is 5.20. The van der Waals surface area contributed by atoms with Crippen molar-refractivity contribution in [3.05, 3.63) is 70.5 Å². The van der Waals surface area contributed by atoms with Gasteiger partial charge in [-0.15, -0.1) is 0 Å². The maximum absolute atomic E-state index is 13.2. The van der Waals surface area contributed by atoms with E-state index in [9.17, 15) is 4.39 Å². The normalized spacial score (nSPS) is 13.9. The van der Waals surface area contributed by atoms with E-state index in [1.54, 1.807) is 19.2 Å². The molecule has 0 radical (unpaired) electrons. The van der Waals surface area contributed by atoms with Gasteiger partial charge in [0.05, 0.1) is 17.2 Å². The first-order valence-corrected chi connectivity index (χ1v) is 7.01. The Hall–Kier alpha value is -1.46. The molecule has 2 unspecified atom stereocenters. The second-order valence-electron chi connectivity index (χ2n) is 4.79. The number of nitrogens with one attached hydrogen (secondary N) is 1. The molecule has 0 fully saturated rings. The van der Waals surface area contributed by atoms with Gasteiger partial charge in [-0.25, -0.2) is 4.39 Å². The fraction of sp³-hybridized carbons (Fsp3) is 0.250. The largest absolute Gasteiger partial charge is 0.375 e. The zero-order valence-electron chi connectivity index (χ0n) is 11.7. The minimum Gasteiger partial charge on any atom is -0.375 e. The summed E-state index contributed by atoms with van der Waals surface area (Å²) in [6.07, 6.45) is 0.365. The minimum atomic E-state index is -0.427. The Labute approximate surface area is 128 Å². The van der Waals surface area contributed by atoms with Crippen molar-refractivity contribution in [3.63, 3.8) is 0 Å². The number of hydrazine groups is 1. The van der Waals surface area contributed by atoms with Crippen molar-refractivity contribution in [2.24, 2.45) is 5.84 Å². The van der Waals surface area contributed by atoms with Crippen LogP contribution in [-0.2, 0) is 11.2 Å². The Morgan fingerprint density at radius 3 is 2.52 bits per heavy atom. The Bertz CT molecular complexity index is 580. The van der Waals surface area contributed by atoms with E-state index < -0.39 is 5.82 Å². The molecule has 0 saturated carbocycles. The molecule has 0 amide bonds. The highest BCUT2D eigenvalue weighted by atomic mass is 35.5. The van der Waals surface area contributed by atoms with Crippen molar-refractivity contribution in [1.82, 2.24) is 5.43 Å². The molecule has 0 heterocycles. The molecular formula is C16H18ClFN2O. The van der Waals surface area contributed by atoms with E-state index in [0.29, 0.717) is 6.42 Å². The number of ether oxygens (including phenoxy) is 1. The summed E-state index contributed by atoms with van der Waals surface area (Å²) in [6, 6.07) is 14.3. The highest BCUT2D eigenvalue weighted by Gasteiger charge is 2.22. The maximum atomic E-state index is 13.2. The molecule has 0 aromatic heterocycles. The number of nitrogens with two attached hydrogens (primary N) is 1. The van der Waals surface area contributed by atoms with Gasteiger partial charge in [-0.3, -0.25) is 11.3 Å². The molecule has 2 aromatic rings. The Morgan fingerprint density at radius 2 is 1.95 bits per heavy atom. The van der Waals surface area contributed by atoms with Gasteiger partial charge in [-0.05, 0) is 29.7 Å². The van der Waals surface area contributed by atoms with Gasteiger partial charge in [0.15, 0.2) is 0 Å². The van der Waals surface area contributed by atoms with Gasteiger partial charge in [0.1, 0.15) is 5.82 Å². The zero-order chi connectivity index (χ0) is 15.2. The van der Waals surface area contributed by atoms with E-state index in [-0.39, 0.29) is 17.2 Å². The molecule has 0 aliphatic rings. The molecule has 2 atom stereocenters. The third-order valence-corrected chi connectivity index (χ3v) is 3.69. The SMILES string of the molecule is COC(c1ccccc1)C(Cc1ccc(F)c(Cl)c1)NN. The topological polar surface area (TPSA) is 47.3 Å². The number of benzene rings is 2. The van der Waals surface area contributed by atoms with Gasteiger partial charge in [-0.1, -0.05) is 48.0 Å². The van der Waals surface area contributed by atoms with Crippen LogP contribution in [-0.4, -0.2) is 13.2 Å². The predicted molar refractivity (Wildman–Crippen MR) is 82.4 cm³/mol. The highest BCUT2D eigenvalue weighted by Crippen LogP contribution is 2.24. The quantitative estimate of drug-likeness (QED) is 0.636. The molecule has 3 nitrogen and oxygen atoms in total. The lowest BCUT2D eigenvalue weighted by Crippen LogP contribution is -2.42. The lowest BCUT2D eigenvalue weighted by atomic mass is 9.96. The number of halogens is 2. The number of hydrogen-bond donors (Lipinski definition) is 2. The van der Waals surface area contributed by atoms with E-state index in [1.165, 1.54) is 6.07 Å². The van der Waals surface area contributed by atoms with Crippen molar-refractivity contribution >= 4 is 11.6 Å². The van der Waals surface area contributed by atoms with E-state index in [2.05, 4.69) is 5.43 Å². The molecule has 21 heavy (non-hydrogen) atoms. The van der Waals surface area contributed by atoms with Crippen LogP contribution >= 0.6 is 11.6 Å². The monoisotopic (exact) mass is 308 g/mol. The van der Waals surface area contributed by atoms with Gasteiger partial charge in [-0.2, -0.15) is 0 Å². The van der Waals surface area contributed by atoms with Crippen LogP contribution in [0, 0.1) is 5.82 Å². The summed E-state index contributed by atoms with van der Waals surface area (Å²) in [5.74, 6) is 5.24. The first-order valence-electron chi connectivity index (χ1n) is 6.63. The summed E-state index contributed by atoms with van der Waals surface area (Å²) in [6.45, 7) is 0. The smallest absolute Gasteiger partial charge is 0.141 e. The molecule has 112 valence electrons. The summed E-state index contributed by atoms with van der Waals surface area (Å²) in [7, 11) is 1.64. The highest BCUT2D eigenvalue weighted by molar-refractivity contribution is 6.30. The molecule has 2 aromatic carbocycles. The molecule has 0 aliphatic heterocycles. The minimum absolute atomic E-state index is 0.108. The van der Waals surface area contributed by atoms with Crippen molar-refractivity contribution < 1.29 is 9.13 Å². The van der Waals surface area contributed by atoms with Crippen molar-refractivity contribution in [3.8, 4) is 0 Å². The van der Waals surface area contributed by atoms with Crippen molar-refractivity contribution in [1.29, 1.82) is 0 Å². The molecule has 2 rings (SSSR count). The number of hydrogen-bond acceptors (Lipinski definition) is 3. The summed E-state index contributed by atoms with van der Waals surface area (Å²) in [5.41, 5.74) is 4.69. The van der Waals surface area contributed by atoms with Gasteiger partial charge in [0, 0.05) is 7.11 Å². The van der Waals surface area contributed by atoms with Gasteiger partial charge in [0.25, 0.3) is 0 Å². The second kappa shape index (κ2) is 7.52. The predicted octanol–water partition coefficient (Wildman–Crippen LogP) is 3.24. The van der Waals surface area contributed by atoms with E-state index >= 15 is 0 Å². The molecule has 0 bridgehead atoms. The van der Waals surface area contributed by atoms with Crippen LogP contribution in [0.1, 0.15) is 17.2 Å². The van der Waals surface area contributed by atoms with Gasteiger partial charge in [0.2, 0.25) is 0 Å². The molecule has 3 N–H and O–H groups in total. The molecular weight excluding hydrogens is 291 g/mol. The van der Waals surface area contributed by atoms with E-state index in [0.717, 1.165) is 11.1 Å².